The molecule has 6 rings (SSSR count). The van der Waals surface area contributed by atoms with Gasteiger partial charge in [0.15, 0.2) is 0 Å². The zero-order valence-electron chi connectivity index (χ0n) is 39.4. The van der Waals surface area contributed by atoms with Crippen LogP contribution in [-0.4, -0.2) is 74.3 Å². The van der Waals surface area contributed by atoms with Gasteiger partial charge in [0.2, 0.25) is 0 Å². The van der Waals surface area contributed by atoms with Gasteiger partial charge in [-0.05, 0) is 0 Å². The van der Waals surface area contributed by atoms with Crippen LogP contribution in [0.5, 0.6) is 0 Å². The Morgan fingerprint density at radius 3 is 0.559 bits per heavy atom. The topological polar surface area (TPSA) is 0 Å². The van der Waals surface area contributed by atoms with E-state index in [0.717, 1.165) is 0 Å². The quantitative estimate of drug-likeness (QED) is 0.147. The summed E-state index contributed by atoms with van der Waals surface area (Å²) in [6.07, 6.45) is 0. The summed E-state index contributed by atoms with van der Waals surface area (Å²) in [5.74, 6) is 0. The first-order chi connectivity index (χ1) is 27.1. The molecule has 10 radical (unpaired) electrons. The van der Waals surface area contributed by atoms with E-state index in [9.17, 15) is 0 Å². The molecular formula is C54H66Ge5. The molecule has 0 aliphatic rings. The van der Waals surface area contributed by atoms with E-state index in [-0.39, 0.29) is 48.5 Å². The van der Waals surface area contributed by atoms with E-state index in [1.54, 1.807) is 26.4 Å². The number of hydrogen-bond donors (Lipinski definition) is 0. The largest absolute Gasteiger partial charge is 0 e. The van der Waals surface area contributed by atoms with Crippen LogP contribution in [0.15, 0.2) is 72.8 Å². The Bertz CT molecular complexity index is 2080. The van der Waals surface area contributed by atoms with Gasteiger partial charge >= 0.3 is 381 Å². The van der Waals surface area contributed by atoms with Crippen molar-refractivity contribution < 1.29 is 0 Å². The number of rotatable bonds is 6. The molecule has 0 atom stereocenters. The van der Waals surface area contributed by atoms with Crippen LogP contribution >= 0.6 is 0 Å². The molecule has 0 saturated heterocycles. The number of benzene rings is 6. The van der Waals surface area contributed by atoms with Crippen LogP contribution in [0.2, 0.25) is 0 Å². The minimum absolute atomic E-state index is 0. The number of hydrogen-bond acceptors (Lipinski definition) is 0. The van der Waals surface area contributed by atoms with Crippen molar-refractivity contribution in [3.63, 3.8) is 0 Å². The van der Waals surface area contributed by atoms with Gasteiger partial charge in [-0.15, -0.1) is 0 Å². The molecule has 0 aliphatic carbocycles. The summed E-state index contributed by atoms with van der Waals surface area (Å²) in [7, 11) is 0. The van der Waals surface area contributed by atoms with E-state index >= 15 is 0 Å². The summed E-state index contributed by atoms with van der Waals surface area (Å²) in [6.45, 7) is 40.4. The molecule has 302 valence electrons. The fraction of sp³-hybridized carbons (Fsp3) is 0.333. The van der Waals surface area contributed by atoms with Crippen LogP contribution < -0.4 is 26.4 Å². The van der Waals surface area contributed by atoms with Crippen molar-refractivity contribution in [2.24, 2.45) is 0 Å². The van der Waals surface area contributed by atoms with Gasteiger partial charge in [0.25, 0.3) is 0 Å². The predicted molar refractivity (Wildman–Crippen MR) is 270 cm³/mol. The first-order valence-electron chi connectivity index (χ1n) is 20.7. The van der Waals surface area contributed by atoms with Gasteiger partial charge in [-0.25, -0.2) is 0 Å². The van der Waals surface area contributed by atoms with E-state index < -0.39 is 11.8 Å². The van der Waals surface area contributed by atoms with Crippen LogP contribution in [0, 0.1) is 125 Å². The smallest absolute Gasteiger partial charge is 0 e. The van der Waals surface area contributed by atoms with E-state index in [2.05, 4.69) is 211 Å². The summed E-state index contributed by atoms with van der Waals surface area (Å²) < 4.78 is 9.76. The van der Waals surface area contributed by atoms with E-state index in [1.165, 1.54) is 100 Å². The Morgan fingerprint density at radius 2 is 0.407 bits per heavy atom. The van der Waals surface area contributed by atoms with Crippen molar-refractivity contribution in [2.75, 3.05) is 0 Å². The van der Waals surface area contributed by atoms with E-state index in [0.29, 0.717) is 0 Å². The van der Waals surface area contributed by atoms with Gasteiger partial charge in [0.05, 0.1) is 0 Å². The average molecular weight is 1080 g/mol. The standard InChI is InChI=1S/C18H22Ge2.2C18H22Ge.Ge/c1-11-7-13(3)17(14(4)8-11)20(19)18-15(5)9-12(2)10-16(18)6;2*1-11-7-13(3)17(14(4)8-11)19-18-15(5)9-12(2)10-16(18)6;/h7-10H,1-6H3;2*7-10H,1-6H3;. The minimum Gasteiger partial charge on any atom is 0 e. The van der Waals surface area contributed by atoms with E-state index in [4.69, 9.17) is 0 Å². The van der Waals surface area contributed by atoms with Crippen LogP contribution in [-0.2, 0) is 0 Å². The monoisotopic (exact) mass is 1080 g/mol. The molecule has 0 aromatic heterocycles. The molecule has 59 heavy (non-hydrogen) atoms. The third kappa shape index (κ3) is 13.5. The van der Waals surface area contributed by atoms with Gasteiger partial charge in [0, 0.05) is 17.6 Å². The molecule has 5 heteroatoms. The second kappa shape index (κ2) is 22.4. The van der Waals surface area contributed by atoms with Crippen molar-refractivity contribution >= 4 is 101 Å². The van der Waals surface area contributed by atoms with Gasteiger partial charge in [-0.1, -0.05) is 0 Å². The van der Waals surface area contributed by atoms with Crippen molar-refractivity contribution in [3.05, 3.63) is 173 Å². The molecular weight excluding hydrogens is 1010 g/mol. The summed E-state index contributed by atoms with van der Waals surface area (Å²) >= 11 is 0.600. The third-order valence-corrected chi connectivity index (χ3v) is 30.6. The molecule has 0 N–H and O–H groups in total. The third-order valence-electron chi connectivity index (χ3n) is 11.1. The summed E-state index contributed by atoms with van der Waals surface area (Å²) in [4.78, 5) is 0. The maximum absolute atomic E-state index is 2.51. The minimum atomic E-state index is -1.43. The predicted octanol–water partition coefficient (Wildman–Crippen LogP) is 8.81. The molecule has 0 fully saturated rings. The number of aryl methyl sites for hydroxylation is 18. The Morgan fingerprint density at radius 1 is 0.271 bits per heavy atom. The maximum atomic E-state index is 2.51. The Labute approximate surface area is 394 Å². The summed E-state index contributed by atoms with van der Waals surface area (Å²) in [6, 6.07) is 28.0. The fourth-order valence-corrected chi connectivity index (χ4v) is 27.6. The summed E-state index contributed by atoms with van der Waals surface area (Å²) in [5.41, 5.74) is 26.0. The second-order valence-electron chi connectivity index (χ2n) is 17.3. The molecule has 0 saturated carbocycles. The van der Waals surface area contributed by atoms with Gasteiger partial charge < -0.3 is 0 Å². The van der Waals surface area contributed by atoms with Crippen LogP contribution in [0.1, 0.15) is 100 Å². The first kappa shape index (κ1) is 51.4. The molecule has 0 heterocycles. The van der Waals surface area contributed by atoms with Crippen LogP contribution in [0.3, 0.4) is 0 Å². The van der Waals surface area contributed by atoms with Gasteiger partial charge in [-0.3, -0.25) is 0 Å². The molecule has 0 bridgehead atoms. The first-order valence-corrected chi connectivity index (χ1v) is 33.5. The molecule has 6 aromatic rings. The average Bonchev–Trinajstić information content (AvgIpc) is 3.06. The maximum Gasteiger partial charge on any atom is 0 e. The normalized spacial score (nSPS) is 10.6. The molecule has 0 unspecified atom stereocenters. The van der Waals surface area contributed by atoms with Crippen LogP contribution in [0.4, 0.5) is 0 Å². The van der Waals surface area contributed by atoms with Crippen molar-refractivity contribution in [2.45, 2.75) is 125 Å². The Kier molecular flexibility index (Phi) is 19.5. The molecule has 0 aliphatic heterocycles. The Hall–Kier alpha value is -1.97. The van der Waals surface area contributed by atoms with Crippen LogP contribution in [0.25, 0.3) is 0 Å². The van der Waals surface area contributed by atoms with E-state index in [1.807, 2.05) is 0 Å². The van der Waals surface area contributed by atoms with Gasteiger partial charge in [-0.2, -0.15) is 0 Å². The van der Waals surface area contributed by atoms with Crippen molar-refractivity contribution in [1.29, 1.82) is 0 Å². The van der Waals surface area contributed by atoms with Crippen molar-refractivity contribution in [1.82, 2.24) is 0 Å². The Balaban J connectivity index is 0.000000235. The van der Waals surface area contributed by atoms with Gasteiger partial charge in [0.1, 0.15) is 0 Å². The second-order valence-corrected chi connectivity index (χ2v) is 31.6. The SMILES string of the molecule is Cc1cc(C)[c]([Ge](=[Ge])[c]2c(C)cc(C)cc2C)c(C)c1.Cc1cc(C)[c]([Ge][c]2c(C)cc(C)cc2C)c(C)c1.Cc1cc(C)[c]([Ge][c]2c(C)cc(C)cc2C)c(C)c1.[Ge]. The van der Waals surface area contributed by atoms with Crippen molar-refractivity contribution in [3.8, 4) is 0 Å². The summed E-state index contributed by atoms with van der Waals surface area (Å²) in [5, 5.41) is 0. The zero-order chi connectivity index (χ0) is 43.3. The molecule has 6 aromatic carbocycles. The molecule has 0 spiro atoms. The molecule has 0 nitrogen and oxygen atoms in total. The molecule has 0 amide bonds. The fourth-order valence-electron chi connectivity index (χ4n) is 9.03. The zero-order valence-corrected chi connectivity index (χ0v) is 49.9.